The number of nitro benzene ring substituents is 1. The highest BCUT2D eigenvalue weighted by Gasteiger charge is 2.43. The lowest BCUT2D eigenvalue weighted by Crippen LogP contribution is -2.30. The van der Waals surface area contributed by atoms with Gasteiger partial charge in [-0.1, -0.05) is 13.8 Å². The van der Waals surface area contributed by atoms with Crippen molar-refractivity contribution >= 4 is 27.3 Å². The number of anilines is 1. The molecule has 2 aromatic carbocycles. The molecule has 14 heteroatoms. The van der Waals surface area contributed by atoms with Crippen molar-refractivity contribution in [2.24, 2.45) is 0 Å². The number of nitrogens with zero attached hydrogens (tertiary/aromatic N) is 2. The van der Waals surface area contributed by atoms with Crippen LogP contribution in [0.4, 0.5) is 20.2 Å². The molecule has 33 heavy (non-hydrogen) atoms. The van der Waals surface area contributed by atoms with Crippen molar-refractivity contribution in [3.8, 4) is 17.2 Å². The number of halogens is 2. The van der Waals surface area contributed by atoms with Crippen LogP contribution in [0.2, 0.25) is 0 Å². The van der Waals surface area contributed by atoms with Crippen LogP contribution in [-0.2, 0) is 14.8 Å². The smallest absolute Gasteiger partial charge is 0.477 e. The third-order valence-electron chi connectivity index (χ3n) is 4.51. The second kappa shape index (κ2) is 9.15. The number of hydrogen-bond donors (Lipinski definition) is 1. The van der Waals surface area contributed by atoms with Crippen molar-refractivity contribution in [3.05, 3.63) is 46.5 Å². The van der Waals surface area contributed by atoms with Gasteiger partial charge >= 0.3 is 12.0 Å². The molecule has 0 saturated carbocycles. The number of benzene rings is 2. The SMILES string of the molecule is CCN(CC)S(=O)(=O)c1ccc(OCC(=O)Nc2ccc3c(c2)OC(F)(F)O3)c([N+](=O)[O-])c1. The van der Waals surface area contributed by atoms with Gasteiger partial charge in [-0.2, -0.15) is 4.31 Å². The first kappa shape index (κ1) is 24.1. The molecule has 0 spiro atoms. The van der Waals surface area contributed by atoms with Gasteiger partial charge in [0.1, 0.15) is 0 Å². The number of ether oxygens (including phenoxy) is 3. The number of nitro groups is 1. The van der Waals surface area contributed by atoms with E-state index in [2.05, 4.69) is 14.8 Å². The molecular weight excluding hydrogens is 468 g/mol. The molecule has 0 fully saturated rings. The highest BCUT2D eigenvalue weighted by molar-refractivity contribution is 7.89. The Kier molecular flexibility index (Phi) is 6.69. The van der Waals surface area contributed by atoms with Crippen LogP contribution in [0.5, 0.6) is 17.2 Å². The predicted octanol–water partition coefficient (Wildman–Crippen LogP) is 2.96. The zero-order chi connectivity index (χ0) is 24.4. The first-order valence-electron chi connectivity index (χ1n) is 9.58. The molecule has 1 N–H and O–H groups in total. The molecule has 0 saturated heterocycles. The summed E-state index contributed by atoms with van der Waals surface area (Å²) < 4.78 is 66.3. The minimum Gasteiger partial charge on any atom is -0.477 e. The van der Waals surface area contributed by atoms with Gasteiger partial charge in [0.2, 0.25) is 10.0 Å². The van der Waals surface area contributed by atoms with E-state index in [0.717, 1.165) is 28.6 Å². The number of hydrogen-bond acceptors (Lipinski definition) is 8. The number of alkyl halides is 2. The van der Waals surface area contributed by atoms with Gasteiger partial charge in [0.05, 0.1) is 9.82 Å². The van der Waals surface area contributed by atoms with Crippen LogP contribution in [0.3, 0.4) is 0 Å². The van der Waals surface area contributed by atoms with Crippen molar-refractivity contribution in [3.63, 3.8) is 0 Å². The Balaban J connectivity index is 1.71. The molecule has 178 valence electrons. The fourth-order valence-corrected chi connectivity index (χ4v) is 4.48. The molecule has 1 aliphatic rings. The molecule has 3 rings (SSSR count). The maximum atomic E-state index is 13.1. The summed E-state index contributed by atoms with van der Waals surface area (Å²) in [6, 6.07) is 6.67. The van der Waals surface area contributed by atoms with E-state index < -0.39 is 39.4 Å². The standard InChI is InChI=1S/C19H19F2N3O8S/c1-3-23(4-2)33(28,29)13-6-8-15(14(10-13)24(26)27)30-11-18(25)22-12-5-7-16-17(9-12)32-19(20,21)31-16/h5-10H,3-4,11H2,1-2H3,(H,22,25). The quantitative estimate of drug-likeness (QED) is 0.421. The molecule has 1 aliphatic heterocycles. The van der Waals surface area contributed by atoms with Crippen LogP contribution in [0.15, 0.2) is 41.3 Å². The molecule has 1 heterocycles. The first-order valence-corrected chi connectivity index (χ1v) is 11.0. The van der Waals surface area contributed by atoms with Gasteiger partial charge in [-0.3, -0.25) is 14.9 Å². The van der Waals surface area contributed by atoms with E-state index in [1.807, 2.05) is 0 Å². The lowest BCUT2D eigenvalue weighted by atomic mass is 10.3. The number of sulfonamides is 1. The molecule has 0 radical (unpaired) electrons. The van der Waals surface area contributed by atoms with Gasteiger partial charge in [0, 0.05) is 30.9 Å². The van der Waals surface area contributed by atoms with E-state index in [-0.39, 0.29) is 40.9 Å². The second-order valence-corrected chi connectivity index (χ2v) is 8.58. The normalized spacial score (nSPS) is 14.2. The minimum atomic E-state index is -3.94. The van der Waals surface area contributed by atoms with Gasteiger partial charge in [0.15, 0.2) is 23.9 Å². The van der Waals surface area contributed by atoms with Crippen molar-refractivity contribution < 1.29 is 41.1 Å². The molecule has 11 nitrogen and oxygen atoms in total. The van der Waals surface area contributed by atoms with E-state index in [1.54, 1.807) is 13.8 Å². The highest BCUT2D eigenvalue weighted by atomic mass is 32.2. The topological polar surface area (TPSA) is 137 Å². The predicted molar refractivity (Wildman–Crippen MR) is 110 cm³/mol. The Morgan fingerprint density at radius 3 is 2.45 bits per heavy atom. The van der Waals surface area contributed by atoms with E-state index in [4.69, 9.17) is 4.74 Å². The summed E-state index contributed by atoms with van der Waals surface area (Å²) in [6.45, 7) is 2.97. The zero-order valence-corrected chi connectivity index (χ0v) is 18.2. The number of fused-ring (bicyclic) bond motifs is 1. The van der Waals surface area contributed by atoms with Crippen LogP contribution in [0.1, 0.15) is 13.8 Å². The Labute approximate surface area is 187 Å². The molecule has 0 aromatic heterocycles. The van der Waals surface area contributed by atoms with Crippen LogP contribution in [-0.4, -0.2) is 49.5 Å². The fourth-order valence-electron chi connectivity index (χ4n) is 3.00. The lowest BCUT2D eigenvalue weighted by molar-refractivity contribution is -0.386. The third kappa shape index (κ3) is 5.28. The molecule has 0 atom stereocenters. The Hall–Kier alpha value is -3.52. The van der Waals surface area contributed by atoms with Gasteiger partial charge in [-0.05, 0) is 24.3 Å². The Morgan fingerprint density at radius 2 is 1.82 bits per heavy atom. The van der Waals surface area contributed by atoms with Crippen LogP contribution < -0.4 is 19.5 Å². The summed E-state index contributed by atoms with van der Waals surface area (Å²) in [5.74, 6) is -1.56. The maximum Gasteiger partial charge on any atom is 0.586 e. The summed E-state index contributed by atoms with van der Waals surface area (Å²) in [6.07, 6.45) is -3.81. The van der Waals surface area contributed by atoms with Gasteiger partial charge < -0.3 is 19.5 Å². The van der Waals surface area contributed by atoms with Crippen molar-refractivity contribution in [2.45, 2.75) is 25.0 Å². The van der Waals surface area contributed by atoms with Crippen LogP contribution in [0.25, 0.3) is 0 Å². The molecule has 1 amide bonds. The van der Waals surface area contributed by atoms with Crippen molar-refractivity contribution in [2.75, 3.05) is 25.0 Å². The highest BCUT2D eigenvalue weighted by Crippen LogP contribution is 2.42. The fraction of sp³-hybridized carbons (Fsp3) is 0.316. The summed E-state index contributed by atoms with van der Waals surface area (Å²) >= 11 is 0. The Bertz CT molecular complexity index is 1190. The number of carbonyl (C=O) groups is 1. The number of amides is 1. The summed E-state index contributed by atoms with van der Waals surface area (Å²) in [5.41, 5.74) is -0.542. The van der Waals surface area contributed by atoms with Gasteiger partial charge in [-0.15, -0.1) is 8.78 Å². The monoisotopic (exact) mass is 487 g/mol. The first-order chi connectivity index (χ1) is 15.5. The Morgan fingerprint density at radius 1 is 1.15 bits per heavy atom. The average molecular weight is 487 g/mol. The maximum absolute atomic E-state index is 13.1. The minimum absolute atomic E-state index is 0.0961. The summed E-state index contributed by atoms with van der Waals surface area (Å²) in [4.78, 5) is 22.5. The largest absolute Gasteiger partial charge is 0.586 e. The third-order valence-corrected chi connectivity index (χ3v) is 6.56. The summed E-state index contributed by atoms with van der Waals surface area (Å²) in [5, 5.41) is 13.8. The average Bonchev–Trinajstić information content (AvgIpc) is 3.05. The number of nitrogens with one attached hydrogen (secondary N) is 1. The molecule has 0 aliphatic carbocycles. The van der Waals surface area contributed by atoms with Gasteiger partial charge in [-0.25, -0.2) is 8.42 Å². The molecule has 2 aromatic rings. The van der Waals surface area contributed by atoms with Crippen molar-refractivity contribution in [1.82, 2.24) is 4.31 Å². The van der Waals surface area contributed by atoms with E-state index in [0.29, 0.717) is 0 Å². The second-order valence-electron chi connectivity index (χ2n) is 6.64. The molecule has 0 unspecified atom stereocenters. The number of carbonyl (C=O) groups excluding carboxylic acids is 1. The van der Waals surface area contributed by atoms with Crippen LogP contribution in [0, 0.1) is 10.1 Å². The van der Waals surface area contributed by atoms with E-state index in [9.17, 15) is 32.1 Å². The van der Waals surface area contributed by atoms with E-state index in [1.165, 1.54) is 12.1 Å². The zero-order valence-electron chi connectivity index (χ0n) is 17.4. The lowest BCUT2D eigenvalue weighted by Gasteiger charge is -2.18. The molecular formula is C19H19F2N3O8S. The summed E-state index contributed by atoms with van der Waals surface area (Å²) in [7, 11) is -3.94. The van der Waals surface area contributed by atoms with Gasteiger partial charge in [0.25, 0.3) is 5.91 Å². The van der Waals surface area contributed by atoms with Crippen LogP contribution >= 0.6 is 0 Å². The van der Waals surface area contributed by atoms with E-state index >= 15 is 0 Å². The van der Waals surface area contributed by atoms with Crippen molar-refractivity contribution in [1.29, 1.82) is 0 Å². The molecule has 0 bridgehead atoms. The number of rotatable bonds is 9.